The van der Waals surface area contributed by atoms with Crippen LogP contribution in [0.5, 0.6) is 0 Å². The van der Waals surface area contributed by atoms with E-state index in [1.165, 1.54) is 16.7 Å². The average molecular weight is 307 g/mol. The van der Waals surface area contributed by atoms with Crippen molar-refractivity contribution in [3.8, 4) is 0 Å². The minimum Gasteiger partial charge on any atom is -0.465 e. The van der Waals surface area contributed by atoms with E-state index in [-0.39, 0.29) is 5.91 Å². The molecule has 3 rings (SSSR count). The first kappa shape index (κ1) is 13.0. The highest BCUT2D eigenvalue weighted by molar-refractivity contribution is 8.26. The summed E-state index contributed by atoms with van der Waals surface area (Å²) in [7, 11) is 0. The second-order valence-corrected chi connectivity index (χ2v) is 5.60. The summed E-state index contributed by atoms with van der Waals surface area (Å²) in [5.41, 5.74) is 0. The Bertz CT molecular complexity index is 650. The summed E-state index contributed by atoms with van der Waals surface area (Å²) < 4.78 is 5.72. The molecule has 0 aliphatic carbocycles. The fraction of sp³-hybridized carbons (Fsp3) is 0.182. The number of nitrogens with zero attached hydrogens (tertiary/aromatic N) is 4. The van der Waals surface area contributed by atoms with E-state index in [1.54, 1.807) is 24.5 Å². The van der Waals surface area contributed by atoms with Gasteiger partial charge in [0.1, 0.15) is 10.1 Å². The lowest BCUT2D eigenvalue weighted by molar-refractivity contribution is -0.122. The summed E-state index contributed by atoms with van der Waals surface area (Å²) >= 11 is 6.48. The van der Waals surface area contributed by atoms with Crippen molar-refractivity contribution in [2.45, 2.75) is 6.42 Å². The fourth-order valence-corrected chi connectivity index (χ4v) is 2.98. The molecule has 1 saturated heterocycles. The van der Waals surface area contributed by atoms with Gasteiger partial charge in [0, 0.05) is 19.0 Å². The highest BCUT2D eigenvalue weighted by Gasteiger charge is 2.32. The highest BCUT2D eigenvalue weighted by Crippen LogP contribution is 2.32. The molecule has 1 amide bonds. The summed E-state index contributed by atoms with van der Waals surface area (Å²) in [4.78, 5) is 14.3. The van der Waals surface area contributed by atoms with Crippen molar-refractivity contribution in [2.24, 2.45) is 0 Å². The van der Waals surface area contributed by atoms with E-state index in [9.17, 15) is 4.79 Å². The van der Waals surface area contributed by atoms with Crippen LogP contribution in [0.25, 0.3) is 6.08 Å². The topological polar surface area (TPSA) is 87.9 Å². The molecule has 1 aliphatic rings. The van der Waals surface area contributed by atoms with Crippen molar-refractivity contribution < 1.29 is 9.21 Å². The number of hydrogen-bond donors (Lipinski definition) is 1. The molecule has 0 radical (unpaired) electrons. The lowest BCUT2D eigenvalue weighted by atomic mass is 10.3. The quantitative estimate of drug-likeness (QED) is 0.671. The second kappa shape index (κ2) is 5.55. The van der Waals surface area contributed by atoms with Crippen LogP contribution in [-0.2, 0) is 11.2 Å². The molecule has 1 N–H and O–H groups in total. The van der Waals surface area contributed by atoms with Crippen molar-refractivity contribution in [3.63, 3.8) is 0 Å². The third-order valence-electron chi connectivity index (χ3n) is 2.64. The number of H-pyrrole nitrogens is 1. The van der Waals surface area contributed by atoms with Crippen LogP contribution in [0.2, 0.25) is 0 Å². The molecule has 0 atom stereocenters. The van der Waals surface area contributed by atoms with Crippen LogP contribution in [-0.4, -0.2) is 42.3 Å². The van der Waals surface area contributed by atoms with Gasteiger partial charge >= 0.3 is 0 Å². The molecule has 102 valence electrons. The summed E-state index contributed by atoms with van der Waals surface area (Å²) in [6.07, 6.45) is 3.74. The highest BCUT2D eigenvalue weighted by atomic mass is 32.2. The molecule has 0 saturated carbocycles. The van der Waals surface area contributed by atoms with Crippen LogP contribution >= 0.6 is 24.0 Å². The zero-order valence-electron chi connectivity index (χ0n) is 10.1. The van der Waals surface area contributed by atoms with Crippen LogP contribution in [0.15, 0.2) is 27.7 Å². The van der Waals surface area contributed by atoms with Gasteiger partial charge in [-0.2, -0.15) is 5.21 Å². The van der Waals surface area contributed by atoms with Crippen molar-refractivity contribution in [1.82, 2.24) is 25.5 Å². The van der Waals surface area contributed by atoms with Gasteiger partial charge in [-0.25, -0.2) is 0 Å². The molecule has 1 fully saturated rings. The lowest BCUT2D eigenvalue weighted by Gasteiger charge is -2.12. The molecule has 7 nitrogen and oxygen atoms in total. The first-order chi connectivity index (χ1) is 9.74. The van der Waals surface area contributed by atoms with E-state index in [0.29, 0.717) is 33.8 Å². The maximum Gasteiger partial charge on any atom is 0.266 e. The average Bonchev–Trinajstić information content (AvgIpc) is 3.13. The van der Waals surface area contributed by atoms with Gasteiger partial charge < -0.3 is 4.42 Å². The van der Waals surface area contributed by atoms with Crippen molar-refractivity contribution in [2.75, 3.05) is 6.54 Å². The Labute approximate surface area is 123 Å². The Kier molecular flexibility index (Phi) is 3.61. The van der Waals surface area contributed by atoms with Crippen molar-refractivity contribution in [1.29, 1.82) is 0 Å². The van der Waals surface area contributed by atoms with E-state index >= 15 is 0 Å². The van der Waals surface area contributed by atoms with Crippen LogP contribution < -0.4 is 0 Å². The number of furan rings is 1. The number of carbonyl (C=O) groups is 1. The summed E-state index contributed by atoms with van der Waals surface area (Å²) in [6, 6.07) is 3.55. The van der Waals surface area contributed by atoms with Gasteiger partial charge in [0.15, 0.2) is 5.82 Å². The molecule has 0 bridgehead atoms. The third-order valence-corrected chi connectivity index (χ3v) is 4.02. The van der Waals surface area contributed by atoms with Gasteiger partial charge in [-0.3, -0.25) is 9.69 Å². The molecule has 0 unspecified atom stereocenters. The Morgan fingerprint density at radius 2 is 2.45 bits per heavy atom. The first-order valence-electron chi connectivity index (χ1n) is 5.75. The van der Waals surface area contributed by atoms with Crippen LogP contribution in [0.3, 0.4) is 0 Å². The van der Waals surface area contributed by atoms with Gasteiger partial charge in [0.05, 0.1) is 11.2 Å². The summed E-state index contributed by atoms with van der Waals surface area (Å²) in [5, 5.41) is 13.5. The van der Waals surface area contributed by atoms with E-state index in [2.05, 4.69) is 20.6 Å². The molecule has 2 aromatic rings. The van der Waals surface area contributed by atoms with Gasteiger partial charge in [0.25, 0.3) is 5.91 Å². The predicted molar refractivity (Wildman–Crippen MR) is 76.5 cm³/mol. The summed E-state index contributed by atoms with van der Waals surface area (Å²) in [5.74, 6) is 1.05. The van der Waals surface area contributed by atoms with Gasteiger partial charge in [-0.1, -0.05) is 29.2 Å². The third kappa shape index (κ3) is 2.63. The lowest BCUT2D eigenvalue weighted by Crippen LogP contribution is -2.30. The minimum atomic E-state index is -0.125. The summed E-state index contributed by atoms with van der Waals surface area (Å²) in [6.45, 7) is 0.430. The van der Waals surface area contributed by atoms with Crippen molar-refractivity contribution >= 4 is 40.3 Å². The maximum atomic E-state index is 12.2. The number of carbonyl (C=O) groups excluding carboxylic acids is 1. The largest absolute Gasteiger partial charge is 0.465 e. The number of thiocarbonyl (C=S) groups is 1. The first-order valence-corrected chi connectivity index (χ1v) is 6.98. The standard InChI is InChI=1S/C11H9N5O2S2/c17-10-8(6-7-2-1-5-18-7)20-11(19)16(10)4-3-9-12-14-15-13-9/h1-2,5-6H,3-4H2,(H,12,13,14,15)/b8-6-. The molecule has 1 aliphatic heterocycles. The van der Waals surface area contributed by atoms with Crippen LogP contribution in [0, 0.1) is 0 Å². The van der Waals surface area contributed by atoms with Gasteiger partial charge in [0.2, 0.25) is 0 Å². The van der Waals surface area contributed by atoms with E-state index < -0.39 is 0 Å². The monoisotopic (exact) mass is 307 g/mol. The predicted octanol–water partition coefficient (Wildman–Crippen LogP) is 1.24. The molecule has 9 heteroatoms. The molecule has 0 aromatic carbocycles. The molecular weight excluding hydrogens is 298 g/mol. The molecular formula is C11H9N5O2S2. The van der Waals surface area contributed by atoms with E-state index in [1.807, 2.05) is 0 Å². The van der Waals surface area contributed by atoms with Crippen LogP contribution in [0.4, 0.5) is 0 Å². The molecule has 20 heavy (non-hydrogen) atoms. The fourth-order valence-electron chi connectivity index (χ4n) is 1.70. The Balaban J connectivity index is 1.70. The number of amides is 1. The maximum absolute atomic E-state index is 12.2. The number of thioether (sulfide) groups is 1. The number of hydrogen-bond acceptors (Lipinski definition) is 7. The number of aromatic nitrogens is 4. The zero-order valence-corrected chi connectivity index (χ0v) is 11.8. The minimum absolute atomic E-state index is 0.125. The van der Waals surface area contributed by atoms with Crippen molar-refractivity contribution in [3.05, 3.63) is 34.9 Å². The number of aromatic amines is 1. The van der Waals surface area contributed by atoms with Gasteiger partial charge in [-0.15, -0.1) is 10.2 Å². The van der Waals surface area contributed by atoms with E-state index in [0.717, 1.165) is 0 Å². The number of tetrazole rings is 1. The normalized spacial score (nSPS) is 17.4. The Hall–Kier alpha value is -2.00. The Morgan fingerprint density at radius 3 is 3.15 bits per heavy atom. The smallest absolute Gasteiger partial charge is 0.266 e. The molecule has 2 aromatic heterocycles. The van der Waals surface area contributed by atoms with E-state index in [4.69, 9.17) is 16.6 Å². The molecule has 3 heterocycles. The number of nitrogens with one attached hydrogen (secondary N) is 1. The van der Waals surface area contributed by atoms with Crippen LogP contribution in [0.1, 0.15) is 11.6 Å². The van der Waals surface area contributed by atoms with Gasteiger partial charge in [-0.05, 0) is 12.1 Å². The Morgan fingerprint density at radius 1 is 1.55 bits per heavy atom. The zero-order chi connectivity index (χ0) is 13.9. The second-order valence-electron chi connectivity index (χ2n) is 3.93. The SMILES string of the molecule is O=C1/C(=C/c2ccco2)SC(=S)N1CCc1nn[nH]n1. The number of rotatable bonds is 4. The molecule has 0 spiro atoms.